The average Bonchev–Trinajstić information content (AvgIpc) is 2.80. The first-order valence-corrected chi connectivity index (χ1v) is 7.08. The third kappa shape index (κ3) is 2.85. The molecule has 0 aliphatic heterocycles. The number of hydrogen-bond donors (Lipinski definition) is 2. The summed E-state index contributed by atoms with van der Waals surface area (Å²) in [6, 6.07) is 2.48. The first kappa shape index (κ1) is 13.4. The van der Waals surface area contributed by atoms with Crippen LogP contribution in [0.5, 0.6) is 0 Å². The minimum absolute atomic E-state index is 0.0289. The monoisotopic (exact) mass is 303 g/mol. The lowest BCUT2D eigenvalue weighted by atomic mass is 10.2. The Labute approximate surface area is 110 Å². The lowest BCUT2D eigenvalue weighted by Crippen LogP contribution is -2.14. The Hall–Kier alpha value is -2.07. The van der Waals surface area contributed by atoms with Gasteiger partial charge in [-0.05, 0) is 18.2 Å². The number of anilines is 1. The fourth-order valence-electron chi connectivity index (χ4n) is 1.23. The van der Waals surface area contributed by atoms with Crippen LogP contribution in [0.3, 0.4) is 0 Å². The number of nitrogens with zero attached hydrogens (tertiary/aromatic N) is 2. The van der Waals surface area contributed by atoms with E-state index in [2.05, 4.69) is 14.9 Å². The summed E-state index contributed by atoms with van der Waals surface area (Å²) in [5.74, 6) is -2.56. The second kappa shape index (κ2) is 4.90. The zero-order valence-electron chi connectivity index (χ0n) is 9.07. The number of carboxylic acids is 1. The molecule has 19 heavy (non-hydrogen) atoms. The molecule has 0 fully saturated rings. The Balaban J connectivity index is 2.41. The van der Waals surface area contributed by atoms with Crippen LogP contribution in [0.1, 0.15) is 10.4 Å². The molecule has 2 aromatic rings. The van der Waals surface area contributed by atoms with E-state index in [0.717, 1.165) is 29.5 Å². The molecule has 0 saturated carbocycles. The van der Waals surface area contributed by atoms with Gasteiger partial charge in [0.05, 0.1) is 10.5 Å². The molecule has 0 aliphatic carbocycles. The molecular weight excluding hydrogens is 297 g/mol. The van der Waals surface area contributed by atoms with E-state index in [1.165, 1.54) is 5.51 Å². The highest BCUT2D eigenvalue weighted by molar-refractivity contribution is 7.93. The van der Waals surface area contributed by atoms with E-state index in [-0.39, 0.29) is 10.0 Å². The Morgan fingerprint density at radius 2 is 2.16 bits per heavy atom. The number of aromatic nitrogens is 2. The Morgan fingerprint density at radius 1 is 1.42 bits per heavy atom. The number of sulfonamides is 1. The Morgan fingerprint density at radius 3 is 2.74 bits per heavy atom. The largest absolute Gasteiger partial charge is 0.478 e. The minimum atomic E-state index is -4.03. The number of aromatic carboxylic acids is 1. The topological polar surface area (TPSA) is 109 Å². The van der Waals surface area contributed by atoms with E-state index < -0.39 is 27.4 Å². The van der Waals surface area contributed by atoms with Gasteiger partial charge < -0.3 is 5.11 Å². The lowest BCUT2D eigenvalue weighted by Gasteiger charge is -2.06. The highest BCUT2D eigenvalue weighted by Gasteiger charge is 2.20. The number of carbonyl (C=O) groups is 1. The van der Waals surface area contributed by atoms with Crippen molar-refractivity contribution in [1.29, 1.82) is 0 Å². The summed E-state index contributed by atoms with van der Waals surface area (Å²) in [5.41, 5.74) is 0.603. The second-order valence-corrected chi connectivity index (χ2v) is 5.81. The molecule has 0 radical (unpaired) electrons. The van der Waals surface area contributed by atoms with Crippen LogP contribution < -0.4 is 4.72 Å². The molecule has 10 heteroatoms. The van der Waals surface area contributed by atoms with Gasteiger partial charge in [0.1, 0.15) is 11.3 Å². The van der Waals surface area contributed by atoms with Gasteiger partial charge in [-0.15, -0.1) is 10.2 Å². The van der Waals surface area contributed by atoms with Crippen LogP contribution in [0.4, 0.5) is 9.52 Å². The molecule has 0 aliphatic rings. The van der Waals surface area contributed by atoms with Crippen molar-refractivity contribution in [3.05, 3.63) is 35.1 Å². The van der Waals surface area contributed by atoms with Gasteiger partial charge in [-0.1, -0.05) is 11.3 Å². The van der Waals surface area contributed by atoms with Crippen molar-refractivity contribution < 1.29 is 22.7 Å². The zero-order chi connectivity index (χ0) is 14.0. The van der Waals surface area contributed by atoms with E-state index in [4.69, 9.17) is 5.11 Å². The van der Waals surface area contributed by atoms with Gasteiger partial charge in [0.25, 0.3) is 10.0 Å². The predicted octanol–water partition coefficient (Wildman–Crippen LogP) is 1.18. The summed E-state index contributed by atoms with van der Waals surface area (Å²) >= 11 is 0.955. The van der Waals surface area contributed by atoms with Crippen LogP contribution in [0.2, 0.25) is 0 Å². The number of hydrogen-bond acceptors (Lipinski definition) is 6. The number of benzene rings is 1. The fraction of sp³-hybridized carbons (Fsp3) is 0. The third-order valence-corrected chi connectivity index (χ3v) is 4.13. The van der Waals surface area contributed by atoms with E-state index in [0.29, 0.717) is 0 Å². The number of halogens is 1. The Bertz CT molecular complexity index is 715. The predicted molar refractivity (Wildman–Crippen MR) is 64.1 cm³/mol. The molecule has 7 nitrogen and oxygen atoms in total. The van der Waals surface area contributed by atoms with Crippen molar-refractivity contribution in [2.75, 3.05) is 4.72 Å². The molecule has 0 spiro atoms. The van der Waals surface area contributed by atoms with Crippen LogP contribution in [0.25, 0.3) is 0 Å². The quantitative estimate of drug-likeness (QED) is 0.877. The molecule has 1 aromatic heterocycles. The molecule has 0 atom stereocenters. The maximum absolute atomic E-state index is 13.2. The van der Waals surface area contributed by atoms with Crippen molar-refractivity contribution in [1.82, 2.24) is 10.2 Å². The third-order valence-electron chi connectivity index (χ3n) is 2.06. The highest BCUT2D eigenvalue weighted by Crippen LogP contribution is 2.19. The number of nitrogens with one attached hydrogen (secondary N) is 1. The number of rotatable bonds is 4. The normalized spacial score (nSPS) is 11.2. The molecule has 0 bridgehead atoms. The van der Waals surface area contributed by atoms with E-state index in [9.17, 15) is 17.6 Å². The number of carboxylic acid groups (broad SMARTS) is 1. The highest BCUT2D eigenvalue weighted by atomic mass is 32.2. The van der Waals surface area contributed by atoms with Gasteiger partial charge in [0.15, 0.2) is 0 Å². The van der Waals surface area contributed by atoms with Crippen LogP contribution in [0, 0.1) is 5.82 Å². The first-order chi connectivity index (χ1) is 8.90. The standard InChI is InChI=1S/C9H6FN3O4S2/c10-7-2-1-5(3-6(7)8(14)15)19(16,17)13-9-12-11-4-18-9/h1-4H,(H,12,13)(H,14,15). The molecule has 1 heterocycles. The fourth-order valence-corrected chi connectivity index (χ4v) is 2.95. The van der Waals surface area contributed by atoms with Gasteiger partial charge in [0, 0.05) is 0 Å². The lowest BCUT2D eigenvalue weighted by molar-refractivity contribution is 0.0691. The summed E-state index contributed by atoms with van der Waals surface area (Å²) < 4.78 is 39.1. The van der Waals surface area contributed by atoms with Gasteiger partial charge in [-0.25, -0.2) is 17.6 Å². The smallest absolute Gasteiger partial charge is 0.338 e. The molecule has 0 saturated heterocycles. The van der Waals surface area contributed by atoms with Crippen LogP contribution in [-0.4, -0.2) is 29.7 Å². The maximum atomic E-state index is 13.2. The van der Waals surface area contributed by atoms with Crippen molar-refractivity contribution in [3.63, 3.8) is 0 Å². The molecule has 0 amide bonds. The van der Waals surface area contributed by atoms with E-state index >= 15 is 0 Å². The van der Waals surface area contributed by atoms with Crippen LogP contribution in [0.15, 0.2) is 28.6 Å². The van der Waals surface area contributed by atoms with Crippen molar-refractivity contribution in [2.24, 2.45) is 0 Å². The molecule has 2 rings (SSSR count). The summed E-state index contributed by atoms with van der Waals surface area (Å²) in [5, 5.41) is 15.7. The summed E-state index contributed by atoms with van der Waals surface area (Å²) in [4.78, 5) is 10.4. The van der Waals surface area contributed by atoms with Gasteiger partial charge in [-0.3, -0.25) is 4.72 Å². The second-order valence-electron chi connectivity index (χ2n) is 3.30. The minimum Gasteiger partial charge on any atom is -0.478 e. The molecular formula is C9H6FN3O4S2. The molecule has 2 N–H and O–H groups in total. The zero-order valence-corrected chi connectivity index (χ0v) is 10.7. The van der Waals surface area contributed by atoms with Crippen molar-refractivity contribution >= 4 is 32.5 Å². The van der Waals surface area contributed by atoms with Crippen LogP contribution in [-0.2, 0) is 10.0 Å². The molecule has 1 aromatic carbocycles. The summed E-state index contributed by atoms with van der Waals surface area (Å²) in [6.07, 6.45) is 0. The van der Waals surface area contributed by atoms with Gasteiger partial charge >= 0.3 is 5.97 Å². The Kier molecular flexibility index (Phi) is 3.44. The van der Waals surface area contributed by atoms with Crippen LogP contribution >= 0.6 is 11.3 Å². The van der Waals surface area contributed by atoms with Gasteiger partial charge in [-0.2, -0.15) is 0 Å². The average molecular weight is 303 g/mol. The van der Waals surface area contributed by atoms with Gasteiger partial charge in [0.2, 0.25) is 5.13 Å². The summed E-state index contributed by atoms with van der Waals surface area (Å²) in [7, 11) is -4.03. The van der Waals surface area contributed by atoms with E-state index in [1.54, 1.807) is 0 Å². The summed E-state index contributed by atoms with van der Waals surface area (Å²) in [6.45, 7) is 0. The van der Waals surface area contributed by atoms with E-state index in [1.807, 2.05) is 0 Å². The first-order valence-electron chi connectivity index (χ1n) is 4.72. The molecule has 100 valence electrons. The maximum Gasteiger partial charge on any atom is 0.338 e. The molecule has 0 unspecified atom stereocenters. The SMILES string of the molecule is O=C(O)c1cc(S(=O)(=O)Nc2nncs2)ccc1F. The van der Waals surface area contributed by atoms with Crippen molar-refractivity contribution in [2.45, 2.75) is 4.90 Å². The van der Waals surface area contributed by atoms with Crippen molar-refractivity contribution in [3.8, 4) is 0 Å².